The molecule has 6 heteroatoms. The lowest BCUT2D eigenvalue weighted by Crippen LogP contribution is -2.09. The van der Waals surface area contributed by atoms with Crippen LogP contribution in [0.4, 0.5) is 0 Å². The van der Waals surface area contributed by atoms with E-state index in [4.69, 9.17) is 4.74 Å². The molecule has 1 heterocycles. The van der Waals surface area contributed by atoms with Crippen LogP contribution in [0.3, 0.4) is 0 Å². The van der Waals surface area contributed by atoms with Crippen LogP contribution >= 0.6 is 0 Å². The van der Waals surface area contributed by atoms with E-state index in [9.17, 15) is 8.42 Å². The molecule has 0 saturated carbocycles. The Kier molecular flexibility index (Phi) is 2.37. The van der Waals surface area contributed by atoms with Crippen LogP contribution in [0.1, 0.15) is 0 Å². The van der Waals surface area contributed by atoms with Gasteiger partial charge in [0.15, 0.2) is 21.5 Å². The van der Waals surface area contributed by atoms with E-state index in [0.717, 1.165) is 6.26 Å². The molecule has 0 aliphatic heterocycles. The third kappa shape index (κ3) is 2.91. The van der Waals surface area contributed by atoms with Crippen LogP contribution < -0.4 is 4.74 Å². The number of aromatic nitrogens is 2. The second-order valence-electron chi connectivity index (χ2n) is 2.54. The Balaban J connectivity index is 2.55. The molecule has 0 atom stereocenters. The summed E-state index contributed by atoms with van der Waals surface area (Å²) in [6.07, 6.45) is 4.18. The van der Waals surface area contributed by atoms with Crippen LogP contribution in [0, 0.1) is 0 Å². The Bertz CT molecular complexity index is 355. The molecule has 1 aromatic heterocycles. The van der Waals surface area contributed by atoms with Crippen molar-refractivity contribution in [2.24, 2.45) is 7.05 Å². The van der Waals surface area contributed by atoms with Gasteiger partial charge in [0.1, 0.15) is 0 Å². The Labute approximate surface area is 70.9 Å². The highest BCUT2D eigenvalue weighted by Crippen LogP contribution is 2.07. The molecule has 0 bridgehead atoms. The van der Waals surface area contributed by atoms with Gasteiger partial charge in [-0.2, -0.15) is 5.10 Å². The van der Waals surface area contributed by atoms with Gasteiger partial charge in [-0.05, 0) is 0 Å². The molecular weight excluding hydrogens is 180 g/mol. The van der Waals surface area contributed by atoms with Gasteiger partial charge in [-0.1, -0.05) is 0 Å². The van der Waals surface area contributed by atoms with Crippen LogP contribution in [0.5, 0.6) is 5.75 Å². The molecule has 12 heavy (non-hydrogen) atoms. The smallest absolute Gasteiger partial charge is 0.189 e. The minimum absolute atomic E-state index is 0.307. The van der Waals surface area contributed by atoms with E-state index >= 15 is 0 Å². The predicted octanol–water partition coefficient (Wildman–Crippen LogP) is -0.199. The van der Waals surface area contributed by atoms with Crippen molar-refractivity contribution in [2.45, 2.75) is 0 Å². The summed E-state index contributed by atoms with van der Waals surface area (Å²) in [5.74, 6) is 0.154. The van der Waals surface area contributed by atoms with E-state index in [0.29, 0.717) is 5.75 Å². The molecule has 0 aliphatic carbocycles. The molecule has 0 unspecified atom stereocenters. The molecule has 1 aromatic rings. The van der Waals surface area contributed by atoms with E-state index in [-0.39, 0.29) is 5.94 Å². The highest BCUT2D eigenvalue weighted by molar-refractivity contribution is 7.90. The standard InChI is InChI=1S/C6H10N2O3S/c1-8-4-6(3-7-8)11-5-12(2,9)10/h3-4H,5H2,1-2H3. The Morgan fingerprint density at radius 3 is 2.75 bits per heavy atom. The zero-order valence-corrected chi connectivity index (χ0v) is 7.71. The molecule has 0 radical (unpaired) electrons. The van der Waals surface area contributed by atoms with Crippen molar-refractivity contribution in [2.75, 3.05) is 12.2 Å². The normalized spacial score (nSPS) is 11.5. The summed E-state index contributed by atoms with van der Waals surface area (Å²) < 4.78 is 27.8. The summed E-state index contributed by atoms with van der Waals surface area (Å²) in [6, 6.07) is 0. The fraction of sp³-hybridized carbons (Fsp3) is 0.500. The predicted molar refractivity (Wildman–Crippen MR) is 43.5 cm³/mol. The first-order valence-electron chi connectivity index (χ1n) is 3.26. The number of hydrogen-bond donors (Lipinski definition) is 0. The number of aryl methyl sites for hydroxylation is 1. The summed E-state index contributed by atoms with van der Waals surface area (Å²) in [5.41, 5.74) is 0. The van der Waals surface area contributed by atoms with Crippen LogP contribution in [-0.4, -0.2) is 30.4 Å². The summed E-state index contributed by atoms with van der Waals surface area (Å²) in [6.45, 7) is 0. The van der Waals surface area contributed by atoms with Gasteiger partial charge >= 0.3 is 0 Å². The molecule has 5 nitrogen and oxygen atoms in total. The van der Waals surface area contributed by atoms with Crippen molar-refractivity contribution in [3.05, 3.63) is 12.4 Å². The third-order valence-corrected chi connectivity index (χ3v) is 1.67. The van der Waals surface area contributed by atoms with E-state index in [1.165, 1.54) is 10.9 Å². The molecule has 0 amide bonds. The maximum atomic E-state index is 10.7. The average molecular weight is 190 g/mol. The minimum Gasteiger partial charge on any atom is -0.474 e. The third-order valence-electron chi connectivity index (χ3n) is 1.12. The molecule has 0 saturated heterocycles. The van der Waals surface area contributed by atoms with Crippen LogP contribution in [0.2, 0.25) is 0 Å². The van der Waals surface area contributed by atoms with Crippen molar-refractivity contribution >= 4 is 9.84 Å². The summed E-state index contributed by atoms with van der Waals surface area (Å²) in [4.78, 5) is 0. The second kappa shape index (κ2) is 3.14. The lowest BCUT2D eigenvalue weighted by Gasteiger charge is -1.98. The lowest BCUT2D eigenvalue weighted by molar-refractivity contribution is 0.377. The van der Waals surface area contributed by atoms with Gasteiger partial charge in [-0.3, -0.25) is 4.68 Å². The number of hydrogen-bond acceptors (Lipinski definition) is 4. The fourth-order valence-electron chi connectivity index (χ4n) is 0.648. The quantitative estimate of drug-likeness (QED) is 0.662. The average Bonchev–Trinajstić information content (AvgIpc) is 2.30. The maximum Gasteiger partial charge on any atom is 0.189 e. The molecule has 0 aromatic carbocycles. The van der Waals surface area contributed by atoms with Crippen LogP contribution in [0.25, 0.3) is 0 Å². The Morgan fingerprint density at radius 2 is 2.33 bits per heavy atom. The molecular formula is C6H10N2O3S. The van der Waals surface area contributed by atoms with Crippen molar-refractivity contribution in [1.82, 2.24) is 9.78 Å². The van der Waals surface area contributed by atoms with Gasteiger partial charge < -0.3 is 4.74 Å². The minimum atomic E-state index is -3.07. The van der Waals surface area contributed by atoms with Gasteiger partial charge in [0.2, 0.25) is 0 Å². The van der Waals surface area contributed by atoms with E-state index < -0.39 is 9.84 Å². The molecule has 0 aliphatic rings. The van der Waals surface area contributed by atoms with Gasteiger partial charge in [0.25, 0.3) is 0 Å². The van der Waals surface area contributed by atoms with Crippen molar-refractivity contribution in [3.63, 3.8) is 0 Å². The van der Waals surface area contributed by atoms with Crippen molar-refractivity contribution in [1.29, 1.82) is 0 Å². The first kappa shape index (κ1) is 9.05. The molecule has 68 valence electrons. The first-order chi connectivity index (χ1) is 5.47. The summed E-state index contributed by atoms with van der Waals surface area (Å²) >= 11 is 0. The summed E-state index contributed by atoms with van der Waals surface area (Å²) in [5, 5.41) is 3.81. The zero-order valence-electron chi connectivity index (χ0n) is 6.89. The zero-order chi connectivity index (χ0) is 9.19. The van der Waals surface area contributed by atoms with Gasteiger partial charge in [0.05, 0.1) is 12.4 Å². The Morgan fingerprint density at radius 1 is 1.67 bits per heavy atom. The van der Waals surface area contributed by atoms with Crippen molar-refractivity contribution in [3.8, 4) is 5.75 Å². The fourth-order valence-corrected chi connectivity index (χ4v) is 0.999. The molecule has 0 spiro atoms. The van der Waals surface area contributed by atoms with Gasteiger partial charge in [-0.25, -0.2) is 8.42 Å². The topological polar surface area (TPSA) is 61.2 Å². The van der Waals surface area contributed by atoms with Crippen LogP contribution in [-0.2, 0) is 16.9 Å². The lowest BCUT2D eigenvalue weighted by atomic mass is 10.7. The number of nitrogens with zero attached hydrogens (tertiary/aromatic N) is 2. The van der Waals surface area contributed by atoms with E-state index in [2.05, 4.69) is 5.10 Å². The van der Waals surface area contributed by atoms with E-state index in [1.807, 2.05) is 0 Å². The largest absolute Gasteiger partial charge is 0.474 e. The number of ether oxygens (including phenoxy) is 1. The number of sulfone groups is 1. The van der Waals surface area contributed by atoms with Crippen molar-refractivity contribution < 1.29 is 13.2 Å². The highest BCUT2D eigenvalue weighted by atomic mass is 32.2. The SMILES string of the molecule is Cn1cc(OCS(C)(=O)=O)cn1. The van der Waals surface area contributed by atoms with Crippen LogP contribution in [0.15, 0.2) is 12.4 Å². The van der Waals surface area contributed by atoms with Gasteiger partial charge in [-0.15, -0.1) is 0 Å². The van der Waals surface area contributed by atoms with Gasteiger partial charge in [0, 0.05) is 13.3 Å². The molecule has 0 fully saturated rings. The van der Waals surface area contributed by atoms with E-state index in [1.54, 1.807) is 13.2 Å². The highest BCUT2D eigenvalue weighted by Gasteiger charge is 2.03. The summed E-state index contributed by atoms with van der Waals surface area (Å²) in [7, 11) is -1.34. The number of rotatable bonds is 3. The first-order valence-corrected chi connectivity index (χ1v) is 5.32. The maximum absolute atomic E-state index is 10.7. The molecule has 1 rings (SSSR count). The molecule has 0 N–H and O–H groups in total. The Hall–Kier alpha value is -1.04. The monoisotopic (exact) mass is 190 g/mol. The second-order valence-corrected chi connectivity index (χ2v) is 4.62.